The van der Waals surface area contributed by atoms with Gasteiger partial charge in [0, 0.05) is 13.1 Å². The highest BCUT2D eigenvalue weighted by Gasteiger charge is 2.27. The Bertz CT molecular complexity index is 355. The average molecular weight is 249 g/mol. The molecule has 2 atom stereocenters. The highest BCUT2D eigenvalue weighted by atomic mass is 32.2. The number of amides is 1. The Kier molecular flexibility index (Phi) is 4.28. The molecule has 0 saturated carbocycles. The third-order valence-electron chi connectivity index (χ3n) is 2.90. The molecule has 0 aromatic rings. The minimum atomic E-state index is -3.14. The second kappa shape index (κ2) is 5.11. The van der Waals surface area contributed by atoms with Crippen LogP contribution in [0.4, 0.5) is 0 Å². The molecule has 1 aliphatic rings. The minimum absolute atomic E-state index is 0.131. The zero-order valence-corrected chi connectivity index (χ0v) is 10.2. The lowest BCUT2D eigenvalue weighted by atomic mass is 9.92. The lowest BCUT2D eigenvalue weighted by Gasteiger charge is -2.31. The molecule has 0 spiro atoms. The Morgan fingerprint density at radius 2 is 2.19 bits per heavy atom. The molecule has 2 unspecified atom stereocenters. The third-order valence-corrected chi connectivity index (χ3v) is 4.17. The molecule has 0 bridgehead atoms. The number of hydrogen-bond donors (Lipinski definition) is 2. The van der Waals surface area contributed by atoms with Gasteiger partial charge in [-0.15, -0.1) is 0 Å². The van der Waals surface area contributed by atoms with Gasteiger partial charge in [-0.1, -0.05) is 0 Å². The molecule has 1 amide bonds. The van der Waals surface area contributed by atoms with E-state index in [1.165, 1.54) is 10.6 Å². The summed E-state index contributed by atoms with van der Waals surface area (Å²) in [5.74, 6) is -0.401. The first-order valence-corrected chi connectivity index (χ1v) is 7.15. The number of rotatable bonds is 4. The quantitative estimate of drug-likeness (QED) is 0.656. The first-order chi connectivity index (χ1) is 7.30. The van der Waals surface area contributed by atoms with E-state index in [1.807, 2.05) is 0 Å². The van der Waals surface area contributed by atoms with E-state index in [4.69, 9.17) is 11.5 Å². The van der Waals surface area contributed by atoms with Crippen LogP contribution in [0.25, 0.3) is 0 Å². The highest BCUT2D eigenvalue weighted by molar-refractivity contribution is 7.88. The summed E-state index contributed by atoms with van der Waals surface area (Å²) in [4.78, 5) is 10.8. The van der Waals surface area contributed by atoms with E-state index in [2.05, 4.69) is 0 Å². The highest BCUT2D eigenvalue weighted by Crippen LogP contribution is 2.22. The van der Waals surface area contributed by atoms with Gasteiger partial charge in [0.2, 0.25) is 15.9 Å². The predicted octanol–water partition coefficient (Wildman–Crippen LogP) is -1.14. The zero-order valence-electron chi connectivity index (χ0n) is 9.43. The van der Waals surface area contributed by atoms with Crippen LogP contribution in [0.3, 0.4) is 0 Å². The normalized spacial score (nSPS) is 25.2. The van der Waals surface area contributed by atoms with Gasteiger partial charge in [-0.3, -0.25) is 4.79 Å². The van der Waals surface area contributed by atoms with Gasteiger partial charge in [-0.05, 0) is 25.2 Å². The molecule has 1 rings (SSSR count). The average Bonchev–Trinajstić information content (AvgIpc) is 2.16. The van der Waals surface area contributed by atoms with Gasteiger partial charge in [0.25, 0.3) is 0 Å². The van der Waals surface area contributed by atoms with Crippen LogP contribution < -0.4 is 11.5 Å². The number of nitrogens with zero attached hydrogens (tertiary/aromatic N) is 1. The van der Waals surface area contributed by atoms with Crippen molar-refractivity contribution in [3.63, 3.8) is 0 Å². The molecule has 0 aromatic carbocycles. The van der Waals surface area contributed by atoms with E-state index >= 15 is 0 Å². The second-order valence-electron chi connectivity index (χ2n) is 4.37. The lowest BCUT2D eigenvalue weighted by molar-refractivity contribution is -0.119. The summed E-state index contributed by atoms with van der Waals surface area (Å²) in [5.41, 5.74) is 10.6. The summed E-state index contributed by atoms with van der Waals surface area (Å²) in [6.07, 6.45) is 3.36. The van der Waals surface area contributed by atoms with Crippen molar-refractivity contribution in [2.45, 2.75) is 25.3 Å². The molecule has 1 aliphatic heterocycles. The first kappa shape index (κ1) is 13.4. The predicted molar refractivity (Wildman–Crippen MR) is 60.9 cm³/mol. The Morgan fingerprint density at radius 3 is 2.69 bits per heavy atom. The molecule has 4 N–H and O–H groups in total. The van der Waals surface area contributed by atoms with E-state index < -0.39 is 22.0 Å². The zero-order chi connectivity index (χ0) is 12.3. The van der Waals surface area contributed by atoms with E-state index in [0.29, 0.717) is 19.5 Å². The van der Waals surface area contributed by atoms with Crippen molar-refractivity contribution in [1.82, 2.24) is 4.31 Å². The summed E-state index contributed by atoms with van der Waals surface area (Å²) in [6.45, 7) is 1.00. The van der Waals surface area contributed by atoms with Crippen LogP contribution in [0.2, 0.25) is 0 Å². The molecule has 0 radical (unpaired) electrons. The van der Waals surface area contributed by atoms with Crippen molar-refractivity contribution in [2.75, 3.05) is 19.3 Å². The van der Waals surface area contributed by atoms with Crippen molar-refractivity contribution in [3.8, 4) is 0 Å². The van der Waals surface area contributed by atoms with Gasteiger partial charge in [-0.25, -0.2) is 12.7 Å². The molecule has 7 heteroatoms. The second-order valence-corrected chi connectivity index (χ2v) is 6.36. The molecular weight excluding hydrogens is 230 g/mol. The number of sulfonamides is 1. The summed E-state index contributed by atoms with van der Waals surface area (Å²) in [5, 5.41) is 0. The van der Waals surface area contributed by atoms with Crippen LogP contribution in [-0.2, 0) is 14.8 Å². The summed E-state index contributed by atoms with van der Waals surface area (Å²) in [6, 6.07) is -0.676. The topological polar surface area (TPSA) is 106 Å². The van der Waals surface area contributed by atoms with Crippen molar-refractivity contribution in [1.29, 1.82) is 0 Å². The number of carbonyl (C=O) groups is 1. The Morgan fingerprint density at radius 1 is 1.56 bits per heavy atom. The van der Waals surface area contributed by atoms with Crippen LogP contribution in [-0.4, -0.2) is 44.0 Å². The molecule has 0 aliphatic carbocycles. The van der Waals surface area contributed by atoms with Crippen molar-refractivity contribution >= 4 is 15.9 Å². The summed E-state index contributed by atoms with van der Waals surface area (Å²) >= 11 is 0. The minimum Gasteiger partial charge on any atom is -0.368 e. The lowest BCUT2D eigenvalue weighted by Crippen LogP contribution is -2.44. The first-order valence-electron chi connectivity index (χ1n) is 5.30. The Labute approximate surface area is 96.0 Å². The summed E-state index contributed by atoms with van der Waals surface area (Å²) in [7, 11) is -3.14. The fourth-order valence-corrected chi connectivity index (χ4v) is 2.94. The summed E-state index contributed by atoms with van der Waals surface area (Å²) < 4.78 is 24.1. The SMILES string of the molecule is CS(=O)(=O)N1CCCC(CC(N)C(N)=O)C1. The standard InChI is InChI=1S/C9H19N3O3S/c1-16(14,15)12-4-2-3-7(6-12)5-8(10)9(11)13/h7-8H,2-6,10H2,1H3,(H2,11,13). The van der Waals surface area contributed by atoms with E-state index in [0.717, 1.165) is 12.8 Å². The van der Waals surface area contributed by atoms with Gasteiger partial charge in [0.15, 0.2) is 0 Å². The Balaban J connectivity index is 2.55. The fraction of sp³-hybridized carbons (Fsp3) is 0.889. The van der Waals surface area contributed by atoms with Crippen LogP contribution in [0.5, 0.6) is 0 Å². The molecule has 0 aromatic heterocycles. The molecule has 1 saturated heterocycles. The number of nitrogens with two attached hydrogens (primary N) is 2. The van der Waals surface area contributed by atoms with Crippen LogP contribution in [0.15, 0.2) is 0 Å². The van der Waals surface area contributed by atoms with E-state index in [9.17, 15) is 13.2 Å². The van der Waals surface area contributed by atoms with Crippen LogP contribution >= 0.6 is 0 Å². The maximum atomic E-state index is 11.4. The maximum Gasteiger partial charge on any atom is 0.234 e. The van der Waals surface area contributed by atoms with Gasteiger partial charge in [0.1, 0.15) is 0 Å². The molecule has 94 valence electrons. The van der Waals surface area contributed by atoms with Crippen molar-refractivity contribution in [2.24, 2.45) is 17.4 Å². The van der Waals surface area contributed by atoms with Gasteiger partial charge < -0.3 is 11.5 Å². The third kappa shape index (κ3) is 3.73. The molecule has 1 fully saturated rings. The monoisotopic (exact) mass is 249 g/mol. The number of hydrogen-bond acceptors (Lipinski definition) is 4. The van der Waals surface area contributed by atoms with E-state index in [-0.39, 0.29) is 5.92 Å². The number of piperidine rings is 1. The largest absolute Gasteiger partial charge is 0.368 e. The van der Waals surface area contributed by atoms with Gasteiger partial charge in [0.05, 0.1) is 12.3 Å². The smallest absolute Gasteiger partial charge is 0.234 e. The Hall–Kier alpha value is -0.660. The molecule has 1 heterocycles. The fourth-order valence-electron chi connectivity index (χ4n) is 2.00. The molecule has 16 heavy (non-hydrogen) atoms. The molecular formula is C9H19N3O3S. The van der Waals surface area contributed by atoms with Crippen LogP contribution in [0.1, 0.15) is 19.3 Å². The van der Waals surface area contributed by atoms with Gasteiger partial charge in [-0.2, -0.15) is 0 Å². The number of carbonyl (C=O) groups excluding carboxylic acids is 1. The van der Waals surface area contributed by atoms with Gasteiger partial charge >= 0.3 is 0 Å². The maximum absolute atomic E-state index is 11.4. The number of primary amides is 1. The van der Waals surface area contributed by atoms with E-state index in [1.54, 1.807) is 0 Å². The molecule has 6 nitrogen and oxygen atoms in total. The van der Waals surface area contributed by atoms with Crippen molar-refractivity contribution < 1.29 is 13.2 Å². The van der Waals surface area contributed by atoms with Crippen LogP contribution in [0, 0.1) is 5.92 Å². The van der Waals surface area contributed by atoms with Crippen molar-refractivity contribution in [3.05, 3.63) is 0 Å².